The molecule has 5 heteroatoms. The molecule has 0 aliphatic rings. The SMILES string of the molecule is CC(C)N=C(N)c1ccc(-c2ccc(-c3cccc(C(N)=NC(C)C)c3)o2)cc1. The topological polar surface area (TPSA) is 89.9 Å². The second kappa shape index (κ2) is 8.78. The molecule has 0 atom stereocenters. The van der Waals surface area contributed by atoms with Crippen molar-refractivity contribution in [3.05, 3.63) is 71.8 Å². The van der Waals surface area contributed by atoms with Crippen LogP contribution >= 0.6 is 0 Å². The van der Waals surface area contributed by atoms with Crippen LogP contribution < -0.4 is 11.5 Å². The number of rotatable bonds is 6. The van der Waals surface area contributed by atoms with Gasteiger partial charge in [0.2, 0.25) is 0 Å². The van der Waals surface area contributed by atoms with Gasteiger partial charge in [0.1, 0.15) is 23.2 Å². The van der Waals surface area contributed by atoms with E-state index in [1.807, 2.05) is 88.4 Å². The molecule has 29 heavy (non-hydrogen) atoms. The molecule has 150 valence electrons. The van der Waals surface area contributed by atoms with Crippen molar-refractivity contribution in [1.82, 2.24) is 0 Å². The summed E-state index contributed by atoms with van der Waals surface area (Å²) in [6.45, 7) is 8.01. The molecule has 0 amide bonds. The number of furan rings is 1. The lowest BCUT2D eigenvalue weighted by Crippen LogP contribution is -2.15. The molecule has 5 nitrogen and oxygen atoms in total. The second-order valence-corrected chi connectivity index (χ2v) is 7.54. The number of benzene rings is 2. The van der Waals surface area contributed by atoms with E-state index in [4.69, 9.17) is 15.9 Å². The molecule has 1 aromatic heterocycles. The number of hydrogen-bond donors (Lipinski definition) is 2. The van der Waals surface area contributed by atoms with Crippen molar-refractivity contribution in [1.29, 1.82) is 0 Å². The third-order valence-corrected chi connectivity index (χ3v) is 4.31. The maximum atomic E-state index is 6.11. The molecule has 0 aliphatic heterocycles. The minimum absolute atomic E-state index is 0.150. The van der Waals surface area contributed by atoms with Crippen LogP contribution in [0.15, 0.2) is 75.1 Å². The van der Waals surface area contributed by atoms with Crippen molar-refractivity contribution in [2.45, 2.75) is 39.8 Å². The summed E-state index contributed by atoms with van der Waals surface area (Å²) >= 11 is 0. The number of hydrogen-bond acceptors (Lipinski definition) is 3. The van der Waals surface area contributed by atoms with Crippen LogP contribution in [0.4, 0.5) is 0 Å². The summed E-state index contributed by atoms with van der Waals surface area (Å²) in [6.07, 6.45) is 0. The monoisotopic (exact) mass is 388 g/mol. The normalized spacial score (nSPS) is 12.8. The Kier molecular flexibility index (Phi) is 6.17. The van der Waals surface area contributed by atoms with Gasteiger partial charge in [-0.05, 0) is 45.9 Å². The Morgan fingerprint density at radius 3 is 1.83 bits per heavy atom. The predicted molar refractivity (Wildman–Crippen MR) is 121 cm³/mol. The van der Waals surface area contributed by atoms with E-state index in [-0.39, 0.29) is 12.1 Å². The van der Waals surface area contributed by atoms with Crippen molar-refractivity contribution < 1.29 is 4.42 Å². The van der Waals surface area contributed by atoms with Gasteiger partial charge in [0, 0.05) is 34.3 Å². The summed E-state index contributed by atoms with van der Waals surface area (Å²) in [4.78, 5) is 8.80. The molecule has 0 aliphatic carbocycles. The van der Waals surface area contributed by atoms with Gasteiger partial charge in [0.25, 0.3) is 0 Å². The van der Waals surface area contributed by atoms with Gasteiger partial charge in [0.05, 0.1) is 0 Å². The van der Waals surface area contributed by atoms with Gasteiger partial charge in [-0.25, -0.2) is 0 Å². The van der Waals surface area contributed by atoms with Gasteiger partial charge < -0.3 is 15.9 Å². The van der Waals surface area contributed by atoms with Crippen LogP contribution in [0.1, 0.15) is 38.8 Å². The quantitative estimate of drug-likeness (QED) is 0.467. The van der Waals surface area contributed by atoms with E-state index < -0.39 is 0 Å². The first kappa shape index (κ1) is 20.4. The van der Waals surface area contributed by atoms with Crippen LogP contribution in [0.3, 0.4) is 0 Å². The highest BCUT2D eigenvalue weighted by Gasteiger charge is 2.09. The maximum absolute atomic E-state index is 6.11. The highest BCUT2D eigenvalue weighted by Crippen LogP contribution is 2.29. The lowest BCUT2D eigenvalue weighted by Gasteiger charge is -2.06. The molecule has 0 fully saturated rings. The van der Waals surface area contributed by atoms with Gasteiger partial charge in [-0.1, -0.05) is 42.5 Å². The summed E-state index contributed by atoms with van der Waals surface area (Å²) < 4.78 is 6.09. The van der Waals surface area contributed by atoms with Gasteiger partial charge in [-0.2, -0.15) is 0 Å². The fourth-order valence-electron chi connectivity index (χ4n) is 2.99. The summed E-state index contributed by atoms with van der Waals surface area (Å²) in [6, 6.07) is 20.1. The zero-order valence-electron chi connectivity index (χ0n) is 17.4. The van der Waals surface area contributed by atoms with E-state index >= 15 is 0 Å². The molecular weight excluding hydrogens is 360 g/mol. The molecule has 0 unspecified atom stereocenters. The second-order valence-electron chi connectivity index (χ2n) is 7.54. The van der Waals surface area contributed by atoms with Crippen molar-refractivity contribution in [3.8, 4) is 22.6 Å². The van der Waals surface area contributed by atoms with E-state index in [1.165, 1.54) is 0 Å². The molecule has 0 saturated heterocycles. The van der Waals surface area contributed by atoms with Gasteiger partial charge in [-0.15, -0.1) is 0 Å². The molecule has 4 N–H and O–H groups in total. The number of amidine groups is 2. The number of nitrogens with zero attached hydrogens (tertiary/aromatic N) is 2. The van der Waals surface area contributed by atoms with Crippen molar-refractivity contribution in [2.75, 3.05) is 0 Å². The average molecular weight is 389 g/mol. The Labute approximate surface area is 172 Å². The third kappa shape index (κ3) is 5.13. The van der Waals surface area contributed by atoms with Crippen LogP contribution in [0.25, 0.3) is 22.6 Å². The lowest BCUT2D eigenvalue weighted by molar-refractivity contribution is 0.597. The molecule has 0 spiro atoms. The van der Waals surface area contributed by atoms with Crippen molar-refractivity contribution in [3.63, 3.8) is 0 Å². The van der Waals surface area contributed by atoms with E-state index in [0.29, 0.717) is 11.7 Å². The average Bonchev–Trinajstić information content (AvgIpc) is 3.17. The van der Waals surface area contributed by atoms with Crippen LogP contribution in [-0.2, 0) is 0 Å². The Morgan fingerprint density at radius 1 is 0.690 bits per heavy atom. The molecule has 0 saturated carbocycles. The summed E-state index contributed by atoms with van der Waals surface area (Å²) in [7, 11) is 0. The first-order chi connectivity index (χ1) is 13.8. The third-order valence-electron chi connectivity index (χ3n) is 4.31. The predicted octanol–water partition coefficient (Wildman–Crippen LogP) is 4.84. The van der Waals surface area contributed by atoms with E-state index in [2.05, 4.69) is 9.98 Å². The Bertz CT molecular complexity index is 1030. The van der Waals surface area contributed by atoms with Crippen molar-refractivity contribution >= 4 is 11.7 Å². The molecule has 3 rings (SSSR count). The zero-order valence-corrected chi connectivity index (χ0v) is 17.4. The fraction of sp³-hybridized carbons (Fsp3) is 0.250. The minimum atomic E-state index is 0.150. The largest absolute Gasteiger partial charge is 0.456 e. The number of aliphatic imine (C=N–C) groups is 2. The summed E-state index contributed by atoms with van der Waals surface area (Å²) in [5, 5.41) is 0. The fourth-order valence-corrected chi connectivity index (χ4v) is 2.99. The van der Waals surface area contributed by atoms with E-state index in [1.54, 1.807) is 0 Å². The maximum Gasteiger partial charge on any atom is 0.134 e. The molecule has 2 aromatic carbocycles. The standard InChI is InChI=1S/C24H28N4O/c1-15(2)27-23(25)18-10-8-17(9-11-18)21-12-13-22(29-21)19-6-5-7-20(14-19)24(26)28-16(3)4/h5-16H,1-4H3,(H2,25,27)(H2,26,28). The molecular formula is C24H28N4O. The van der Waals surface area contributed by atoms with Crippen LogP contribution in [0.2, 0.25) is 0 Å². The minimum Gasteiger partial charge on any atom is -0.456 e. The number of nitrogens with two attached hydrogens (primary N) is 2. The van der Waals surface area contributed by atoms with Gasteiger partial charge >= 0.3 is 0 Å². The Balaban J connectivity index is 1.85. The van der Waals surface area contributed by atoms with Crippen LogP contribution in [-0.4, -0.2) is 23.8 Å². The first-order valence-corrected chi connectivity index (χ1v) is 9.81. The Hall–Kier alpha value is -3.34. The van der Waals surface area contributed by atoms with Gasteiger partial charge in [-0.3, -0.25) is 9.98 Å². The molecule has 0 bridgehead atoms. The molecule has 1 heterocycles. The molecule has 3 aromatic rings. The van der Waals surface area contributed by atoms with E-state index in [9.17, 15) is 0 Å². The van der Waals surface area contributed by atoms with Gasteiger partial charge in [0.15, 0.2) is 0 Å². The van der Waals surface area contributed by atoms with Crippen molar-refractivity contribution in [2.24, 2.45) is 21.5 Å². The molecule has 0 radical (unpaired) electrons. The highest BCUT2D eigenvalue weighted by molar-refractivity contribution is 5.99. The zero-order chi connectivity index (χ0) is 21.0. The summed E-state index contributed by atoms with van der Waals surface area (Å²) in [5.41, 5.74) is 15.9. The highest BCUT2D eigenvalue weighted by atomic mass is 16.3. The smallest absolute Gasteiger partial charge is 0.134 e. The first-order valence-electron chi connectivity index (χ1n) is 9.81. The van der Waals surface area contributed by atoms with Crippen LogP contribution in [0, 0.1) is 0 Å². The van der Waals surface area contributed by atoms with E-state index in [0.717, 1.165) is 33.8 Å². The van der Waals surface area contributed by atoms with Crippen LogP contribution in [0.5, 0.6) is 0 Å². The summed E-state index contributed by atoms with van der Waals surface area (Å²) in [5.74, 6) is 2.65. The lowest BCUT2D eigenvalue weighted by atomic mass is 10.1. The Morgan fingerprint density at radius 2 is 1.24 bits per heavy atom.